The third-order valence-corrected chi connectivity index (χ3v) is 3.32. The van der Waals surface area contributed by atoms with E-state index in [-0.39, 0.29) is 0 Å². The van der Waals surface area contributed by atoms with Crippen molar-refractivity contribution in [2.24, 2.45) is 0 Å². The number of halogens is 2. The Hall–Kier alpha value is -1.44. The van der Waals surface area contributed by atoms with Gasteiger partial charge in [0.15, 0.2) is 0 Å². The molecule has 0 saturated heterocycles. The molecule has 1 heterocycles. The molecule has 17 heavy (non-hydrogen) atoms. The van der Waals surface area contributed by atoms with E-state index >= 15 is 0 Å². The third-order valence-electron chi connectivity index (χ3n) is 2.77. The second-order valence-corrected chi connectivity index (χ2v) is 4.68. The molecule has 0 aliphatic rings. The molecule has 0 fully saturated rings. The predicted octanol–water partition coefficient (Wildman–Crippen LogP) is 4.94. The maximum absolute atomic E-state index is 6.20. The fraction of sp³-hybridized carbons (Fsp3) is 0. The number of hydrogen-bond acceptors (Lipinski definition) is 0. The number of benzene rings is 2. The van der Waals surface area contributed by atoms with Crippen LogP contribution in [0.15, 0.2) is 54.7 Å². The van der Waals surface area contributed by atoms with Crippen molar-refractivity contribution in [3.8, 4) is 5.69 Å². The summed E-state index contributed by atoms with van der Waals surface area (Å²) in [7, 11) is 0. The first-order valence-electron chi connectivity index (χ1n) is 5.27. The van der Waals surface area contributed by atoms with Crippen LogP contribution in [0.4, 0.5) is 0 Å². The van der Waals surface area contributed by atoms with E-state index in [1.54, 1.807) is 0 Å². The summed E-state index contributed by atoms with van der Waals surface area (Å²) in [5.74, 6) is 0. The molecule has 0 atom stereocenters. The standard InChI is InChI=1S/C14H9Cl2N/c15-11-6-5-10-7-8-17(14(10)9-11)13-4-2-1-3-12(13)16/h1-9H. The van der Waals surface area contributed by atoms with Crippen molar-refractivity contribution in [2.75, 3.05) is 0 Å². The van der Waals surface area contributed by atoms with E-state index in [9.17, 15) is 0 Å². The summed E-state index contributed by atoms with van der Waals surface area (Å²) in [5.41, 5.74) is 2.03. The fourth-order valence-corrected chi connectivity index (χ4v) is 2.35. The fourth-order valence-electron chi connectivity index (χ4n) is 1.96. The molecule has 84 valence electrons. The Bertz CT molecular complexity index is 686. The zero-order chi connectivity index (χ0) is 11.8. The van der Waals surface area contributed by atoms with Gasteiger partial charge in [0.1, 0.15) is 0 Å². The van der Waals surface area contributed by atoms with Gasteiger partial charge in [-0.2, -0.15) is 0 Å². The summed E-state index contributed by atoms with van der Waals surface area (Å²) < 4.78 is 2.05. The number of hydrogen-bond donors (Lipinski definition) is 0. The van der Waals surface area contributed by atoms with Crippen molar-refractivity contribution < 1.29 is 0 Å². The van der Waals surface area contributed by atoms with Crippen LogP contribution in [0.25, 0.3) is 16.6 Å². The van der Waals surface area contributed by atoms with Crippen LogP contribution in [0.5, 0.6) is 0 Å². The van der Waals surface area contributed by atoms with Crippen LogP contribution in [0.1, 0.15) is 0 Å². The molecule has 0 radical (unpaired) electrons. The van der Waals surface area contributed by atoms with Crippen LogP contribution in [0, 0.1) is 0 Å². The molecule has 0 aliphatic carbocycles. The van der Waals surface area contributed by atoms with Crippen molar-refractivity contribution in [3.05, 3.63) is 64.8 Å². The van der Waals surface area contributed by atoms with Gasteiger partial charge >= 0.3 is 0 Å². The molecule has 0 unspecified atom stereocenters. The number of nitrogens with zero attached hydrogens (tertiary/aromatic N) is 1. The lowest BCUT2D eigenvalue weighted by molar-refractivity contribution is 1.13. The second-order valence-electron chi connectivity index (χ2n) is 3.84. The topological polar surface area (TPSA) is 4.93 Å². The van der Waals surface area contributed by atoms with E-state index in [4.69, 9.17) is 23.2 Å². The maximum atomic E-state index is 6.20. The van der Waals surface area contributed by atoms with Crippen LogP contribution < -0.4 is 0 Å². The molecule has 2 aromatic carbocycles. The SMILES string of the molecule is Clc1ccc2ccn(-c3ccccc3Cl)c2c1. The zero-order valence-corrected chi connectivity index (χ0v) is 10.4. The van der Waals surface area contributed by atoms with E-state index in [2.05, 4.69) is 6.07 Å². The van der Waals surface area contributed by atoms with Gasteiger partial charge in [0.2, 0.25) is 0 Å². The van der Waals surface area contributed by atoms with Gasteiger partial charge in [0.25, 0.3) is 0 Å². The summed E-state index contributed by atoms with van der Waals surface area (Å²) in [6.07, 6.45) is 2.00. The van der Waals surface area contributed by atoms with Crippen LogP contribution in [0.2, 0.25) is 10.0 Å². The molecule has 0 saturated carbocycles. The maximum Gasteiger partial charge on any atom is 0.0646 e. The third kappa shape index (κ3) is 1.82. The van der Waals surface area contributed by atoms with Crippen LogP contribution >= 0.6 is 23.2 Å². The molecule has 0 spiro atoms. The van der Waals surface area contributed by atoms with Crippen molar-refractivity contribution in [3.63, 3.8) is 0 Å². The van der Waals surface area contributed by atoms with Gasteiger partial charge in [-0.15, -0.1) is 0 Å². The van der Waals surface area contributed by atoms with Crippen molar-refractivity contribution in [1.29, 1.82) is 0 Å². The van der Waals surface area contributed by atoms with E-state index in [0.29, 0.717) is 0 Å². The number of aromatic nitrogens is 1. The van der Waals surface area contributed by atoms with E-state index in [1.807, 2.05) is 53.2 Å². The smallest absolute Gasteiger partial charge is 0.0646 e. The van der Waals surface area contributed by atoms with E-state index in [1.165, 1.54) is 0 Å². The van der Waals surface area contributed by atoms with Crippen molar-refractivity contribution >= 4 is 34.1 Å². The summed E-state index contributed by atoms with van der Waals surface area (Å²) in [6.45, 7) is 0. The van der Waals surface area contributed by atoms with Gasteiger partial charge < -0.3 is 4.57 Å². The Morgan fingerprint density at radius 2 is 1.71 bits per heavy atom. The van der Waals surface area contributed by atoms with Gasteiger partial charge in [0, 0.05) is 16.6 Å². The van der Waals surface area contributed by atoms with E-state index in [0.717, 1.165) is 26.6 Å². The van der Waals surface area contributed by atoms with Crippen molar-refractivity contribution in [2.45, 2.75) is 0 Å². The zero-order valence-electron chi connectivity index (χ0n) is 8.90. The molecular weight excluding hydrogens is 253 g/mol. The quantitative estimate of drug-likeness (QED) is 0.585. The average Bonchev–Trinajstić information content (AvgIpc) is 2.72. The summed E-state index contributed by atoms with van der Waals surface area (Å²) in [6, 6.07) is 15.7. The van der Waals surface area contributed by atoms with Crippen LogP contribution in [0.3, 0.4) is 0 Å². The molecule has 3 aromatic rings. The first kappa shape index (κ1) is 10.7. The largest absolute Gasteiger partial charge is 0.315 e. The van der Waals surface area contributed by atoms with Gasteiger partial charge in [-0.1, -0.05) is 41.4 Å². The predicted molar refractivity (Wildman–Crippen MR) is 73.3 cm³/mol. The second kappa shape index (κ2) is 4.10. The molecule has 1 nitrogen and oxygen atoms in total. The molecule has 1 aromatic heterocycles. The minimum Gasteiger partial charge on any atom is -0.315 e. The first-order chi connectivity index (χ1) is 8.25. The van der Waals surface area contributed by atoms with Crippen LogP contribution in [-0.2, 0) is 0 Å². The number of para-hydroxylation sites is 1. The van der Waals surface area contributed by atoms with Crippen LogP contribution in [-0.4, -0.2) is 4.57 Å². The highest BCUT2D eigenvalue weighted by Crippen LogP contribution is 2.27. The molecule has 0 amide bonds. The molecule has 0 N–H and O–H groups in total. The number of fused-ring (bicyclic) bond motifs is 1. The number of rotatable bonds is 1. The lowest BCUT2D eigenvalue weighted by atomic mass is 10.2. The molecule has 0 aliphatic heterocycles. The lowest BCUT2D eigenvalue weighted by Gasteiger charge is -2.07. The Balaban J connectivity index is 2.31. The van der Waals surface area contributed by atoms with Gasteiger partial charge in [0.05, 0.1) is 16.2 Å². The normalized spacial score (nSPS) is 10.9. The van der Waals surface area contributed by atoms with Gasteiger partial charge in [-0.3, -0.25) is 0 Å². The van der Waals surface area contributed by atoms with Crippen molar-refractivity contribution in [1.82, 2.24) is 4.57 Å². The Kier molecular flexibility index (Phi) is 2.58. The lowest BCUT2D eigenvalue weighted by Crippen LogP contribution is -1.92. The monoisotopic (exact) mass is 261 g/mol. The highest BCUT2D eigenvalue weighted by molar-refractivity contribution is 6.32. The molecule has 3 heteroatoms. The Morgan fingerprint density at radius 1 is 0.882 bits per heavy atom. The van der Waals surface area contributed by atoms with Gasteiger partial charge in [-0.25, -0.2) is 0 Å². The minimum absolute atomic E-state index is 0.726. The average molecular weight is 262 g/mol. The van der Waals surface area contributed by atoms with Gasteiger partial charge in [-0.05, 0) is 30.3 Å². The highest BCUT2D eigenvalue weighted by atomic mass is 35.5. The molecular formula is C14H9Cl2N. The highest BCUT2D eigenvalue weighted by Gasteiger charge is 2.06. The first-order valence-corrected chi connectivity index (χ1v) is 6.03. The minimum atomic E-state index is 0.726. The Labute approximate surface area is 109 Å². The van der Waals surface area contributed by atoms with E-state index < -0.39 is 0 Å². The summed E-state index contributed by atoms with van der Waals surface area (Å²) in [4.78, 5) is 0. The Morgan fingerprint density at radius 3 is 2.53 bits per heavy atom. The molecule has 0 bridgehead atoms. The molecule has 3 rings (SSSR count). The summed E-state index contributed by atoms with van der Waals surface area (Å²) >= 11 is 12.2. The summed E-state index contributed by atoms with van der Waals surface area (Å²) in [5, 5.41) is 2.60.